The lowest BCUT2D eigenvalue weighted by Crippen LogP contribution is -2.37. The van der Waals surface area contributed by atoms with Crippen LogP contribution in [0.4, 0.5) is 4.39 Å². The maximum absolute atomic E-state index is 13.2. The van der Waals surface area contributed by atoms with Crippen LogP contribution in [0.5, 0.6) is 0 Å². The first-order chi connectivity index (χ1) is 11.2. The van der Waals surface area contributed by atoms with Gasteiger partial charge in [0.1, 0.15) is 10.2 Å². The summed E-state index contributed by atoms with van der Waals surface area (Å²) in [6.45, 7) is 3.24. The summed E-state index contributed by atoms with van der Waals surface area (Å²) in [5.41, 5.74) is 1.69. The van der Waals surface area contributed by atoms with Crippen molar-refractivity contribution in [3.05, 3.63) is 46.7 Å². The van der Waals surface area contributed by atoms with Gasteiger partial charge < -0.3 is 10.6 Å². The molecule has 0 unspecified atom stereocenters. The SMILES string of the molecule is CN=C(NCCCSc1nccs1)NCc1ccc(F)c(C)c1.I. The molecule has 2 N–H and O–H groups in total. The molecule has 0 radical (unpaired) electrons. The molecule has 1 aromatic heterocycles. The van der Waals surface area contributed by atoms with Gasteiger partial charge >= 0.3 is 0 Å². The summed E-state index contributed by atoms with van der Waals surface area (Å²) in [7, 11) is 1.75. The monoisotopic (exact) mass is 480 g/mol. The number of thioether (sulfide) groups is 1. The first kappa shape index (κ1) is 21.2. The van der Waals surface area contributed by atoms with Crippen molar-refractivity contribution in [1.29, 1.82) is 0 Å². The van der Waals surface area contributed by atoms with E-state index >= 15 is 0 Å². The highest BCUT2D eigenvalue weighted by molar-refractivity contribution is 14.0. The lowest BCUT2D eigenvalue weighted by atomic mass is 10.1. The van der Waals surface area contributed by atoms with E-state index in [1.807, 2.05) is 17.6 Å². The second-order valence-corrected chi connectivity index (χ2v) is 7.17. The highest BCUT2D eigenvalue weighted by Crippen LogP contribution is 2.20. The van der Waals surface area contributed by atoms with Gasteiger partial charge in [-0.05, 0) is 30.5 Å². The first-order valence-corrected chi connectivity index (χ1v) is 9.27. The zero-order valence-corrected chi connectivity index (χ0v) is 17.7. The molecular formula is C16H22FIN4S2. The number of aromatic nitrogens is 1. The van der Waals surface area contributed by atoms with Crippen molar-refractivity contribution >= 4 is 53.0 Å². The number of nitrogens with zero attached hydrogens (tertiary/aromatic N) is 2. The van der Waals surface area contributed by atoms with E-state index in [-0.39, 0.29) is 29.8 Å². The van der Waals surface area contributed by atoms with Gasteiger partial charge in [-0.3, -0.25) is 4.99 Å². The Kier molecular flexibility index (Phi) is 10.3. The standard InChI is InChI=1S/C16H21FN4S2.HI/c1-12-10-13(4-5-14(12)17)11-21-15(18-2)19-6-3-8-22-16-20-7-9-23-16;/h4-5,7,9-10H,3,6,8,11H2,1-2H3,(H2,18,19,21);1H. The number of hydrogen-bond acceptors (Lipinski definition) is 4. The number of nitrogens with one attached hydrogen (secondary N) is 2. The second-order valence-electron chi connectivity index (χ2n) is 4.94. The topological polar surface area (TPSA) is 49.3 Å². The molecule has 0 amide bonds. The molecule has 24 heavy (non-hydrogen) atoms. The fraction of sp³-hybridized carbons (Fsp3) is 0.375. The highest BCUT2D eigenvalue weighted by Gasteiger charge is 2.02. The molecule has 2 rings (SSSR count). The molecule has 0 saturated heterocycles. The Balaban J connectivity index is 0.00000288. The van der Waals surface area contributed by atoms with Crippen molar-refractivity contribution in [2.75, 3.05) is 19.3 Å². The minimum atomic E-state index is -0.172. The Morgan fingerprint density at radius 2 is 2.21 bits per heavy atom. The van der Waals surface area contributed by atoms with Gasteiger partial charge in [-0.25, -0.2) is 9.37 Å². The van der Waals surface area contributed by atoms with Gasteiger partial charge in [-0.2, -0.15) is 0 Å². The Morgan fingerprint density at radius 1 is 1.38 bits per heavy atom. The molecule has 1 aromatic carbocycles. The molecule has 0 aliphatic rings. The summed E-state index contributed by atoms with van der Waals surface area (Å²) in [6.07, 6.45) is 2.86. The number of thiazole rings is 1. The molecule has 0 aliphatic heterocycles. The van der Waals surface area contributed by atoms with Crippen LogP contribution in [0.3, 0.4) is 0 Å². The molecule has 1 heterocycles. The van der Waals surface area contributed by atoms with Crippen molar-refractivity contribution in [2.24, 2.45) is 4.99 Å². The Labute approximate surface area is 167 Å². The van der Waals surface area contributed by atoms with Crippen LogP contribution in [0.1, 0.15) is 17.5 Å². The summed E-state index contributed by atoms with van der Waals surface area (Å²) in [6, 6.07) is 5.13. The van der Waals surface area contributed by atoms with Crippen LogP contribution in [0.25, 0.3) is 0 Å². The van der Waals surface area contributed by atoms with E-state index in [1.54, 1.807) is 43.1 Å². The van der Waals surface area contributed by atoms with Crippen LogP contribution in [0.2, 0.25) is 0 Å². The van der Waals surface area contributed by atoms with E-state index in [1.165, 1.54) is 6.07 Å². The van der Waals surface area contributed by atoms with Crippen molar-refractivity contribution in [1.82, 2.24) is 15.6 Å². The smallest absolute Gasteiger partial charge is 0.191 e. The fourth-order valence-corrected chi connectivity index (χ4v) is 3.59. The van der Waals surface area contributed by atoms with Crippen molar-refractivity contribution in [3.8, 4) is 0 Å². The summed E-state index contributed by atoms with van der Waals surface area (Å²) in [4.78, 5) is 8.43. The number of rotatable bonds is 7. The van der Waals surface area contributed by atoms with Crippen LogP contribution in [-0.4, -0.2) is 30.3 Å². The number of aliphatic imine (C=N–C) groups is 1. The van der Waals surface area contributed by atoms with Crippen LogP contribution in [0.15, 0.2) is 39.1 Å². The van der Waals surface area contributed by atoms with Gasteiger partial charge in [-0.15, -0.1) is 35.3 Å². The van der Waals surface area contributed by atoms with Gasteiger partial charge in [0.15, 0.2) is 5.96 Å². The van der Waals surface area contributed by atoms with E-state index in [2.05, 4.69) is 20.6 Å². The molecule has 0 bridgehead atoms. The van der Waals surface area contributed by atoms with Crippen LogP contribution >= 0.6 is 47.1 Å². The van der Waals surface area contributed by atoms with Crippen LogP contribution in [-0.2, 0) is 6.54 Å². The van der Waals surface area contributed by atoms with Crippen LogP contribution in [0, 0.1) is 12.7 Å². The molecule has 0 saturated carbocycles. The van der Waals surface area contributed by atoms with E-state index in [9.17, 15) is 4.39 Å². The summed E-state index contributed by atoms with van der Waals surface area (Å²) >= 11 is 3.44. The molecule has 0 spiro atoms. The van der Waals surface area contributed by atoms with E-state index in [0.29, 0.717) is 12.1 Å². The quantitative estimate of drug-likeness (QED) is 0.206. The average molecular weight is 480 g/mol. The summed E-state index contributed by atoms with van der Waals surface area (Å²) < 4.78 is 14.4. The molecule has 0 fully saturated rings. The molecule has 0 atom stereocenters. The van der Waals surface area contributed by atoms with E-state index in [4.69, 9.17) is 0 Å². The average Bonchev–Trinajstić information content (AvgIpc) is 3.06. The van der Waals surface area contributed by atoms with Gasteiger partial charge in [0.05, 0.1) is 0 Å². The second kappa shape index (κ2) is 11.6. The molecule has 8 heteroatoms. The van der Waals surface area contributed by atoms with Crippen molar-refractivity contribution in [2.45, 2.75) is 24.2 Å². The molecule has 0 aliphatic carbocycles. The van der Waals surface area contributed by atoms with E-state index in [0.717, 1.165) is 34.6 Å². The Morgan fingerprint density at radius 3 is 2.88 bits per heavy atom. The maximum atomic E-state index is 13.2. The third-order valence-electron chi connectivity index (χ3n) is 3.15. The third-order valence-corrected chi connectivity index (χ3v) is 5.21. The van der Waals surface area contributed by atoms with Gasteiger partial charge in [-0.1, -0.05) is 23.9 Å². The first-order valence-electron chi connectivity index (χ1n) is 7.41. The van der Waals surface area contributed by atoms with Gasteiger partial charge in [0, 0.05) is 37.5 Å². The lowest BCUT2D eigenvalue weighted by molar-refractivity contribution is 0.617. The molecule has 2 aromatic rings. The number of benzene rings is 1. The Bertz CT molecular complexity index is 635. The normalized spacial score (nSPS) is 11.0. The molecule has 132 valence electrons. The minimum absolute atomic E-state index is 0. The van der Waals surface area contributed by atoms with Gasteiger partial charge in [0.25, 0.3) is 0 Å². The number of aryl methyl sites for hydroxylation is 1. The maximum Gasteiger partial charge on any atom is 0.191 e. The minimum Gasteiger partial charge on any atom is -0.356 e. The lowest BCUT2D eigenvalue weighted by Gasteiger charge is -2.12. The molecule has 4 nitrogen and oxygen atoms in total. The number of guanidine groups is 1. The summed E-state index contributed by atoms with van der Waals surface area (Å²) in [5.74, 6) is 1.61. The predicted molar refractivity (Wildman–Crippen MR) is 112 cm³/mol. The van der Waals surface area contributed by atoms with Crippen molar-refractivity contribution < 1.29 is 4.39 Å². The molecular weight excluding hydrogens is 458 g/mol. The summed E-state index contributed by atoms with van der Waals surface area (Å²) in [5, 5.41) is 8.51. The predicted octanol–water partition coefficient (Wildman–Crippen LogP) is 4.06. The van der Waals surface area contributed by atoms with Crippen LogP contribution < -0.4 is 10.6 Å². The van der Waals surface area contributed by atoms with Gasteiger partial charge in [0.2, 0.25) is 0 Å². The fourth-order valence-electron chi connectivity index (χ4n) is 1.94. The van der Waals surface area contributed by atoms with Crippen molar-refractivity contribution in [3.63, 3.8) is 0 Å². The number of hydrogen-bond donors (Lipinski definition) is 2. The number of halogens is 2. The zero-order valence-electron chi connectivity index (χ0n) is 13.7. The highest BCUT2D eigenvalue weighted by atomic mass is 127. The third kappa shape index (κ3) is 7.35. The Hall–Kier alpha value is -0.870. The zero-order chi connectivity index (χ0) is 16.5. The van der Waals surface area contributed by atoms with E-state index < -0.39 is 0 Å². The largest absolute Gasteiger partial charge is 0.356 e.